The Bertz CT molecular complexity index is 1440. The van der Waals surface area contributed by atoms with E-state index in [0.717, 1.165) is 0 Å². The molecule has 0 fully saturated rings. The highest BCUT2D eigenvalue weighted by atomic mass is 16.6. The topological polar surface area (TPSA) is 102 Å². The van der Waals surface area contributed by atoms with Crippen molar-refractivity contribution in [1.29, 1.82) is 0 Å². The summed E-state index contributed by atoms with van der Waals surface area (Å²) in [5.74, 6) is 39.4. The summed E-state index contributed by atoms with van der Waals surface area (Å²) in [6.07, 6.45) is 7.62. The van der Waals surface area contributed by atoms with E-state index in [2.05, 4.69) is 101 Å². The summed E-state index contributed by atoms with van der Waals surface area (Å²) >= 11 is 0. The van der Waals surface area contributed by atoms with Crippen LogP contribution in [0.2, 0.25) is 0 Å². The van der Waals surface area contributed by atoms with E-state index >= 15 is 0 Å². The molecule has 0 atom stereocenters. The maximum absolute atomic E-state index is 5.47. The minimum Gasteiger partial charge on any atom is -0.443 e. The van der Waals surface area contributed by atoms with Crippen LogP contribution in [0.4, 0.5) is 0 Å². The lowest BCUT2D eigenvalue weighted by atomic mass is 10.5. The molecular weight excluding hydrogens is 668 g/mol. The van der Waals surface area contributed by atoms with Gasteiger partial charge in [-0.3, -0.25) is 0 Å². The van der Waals surface area contributed by atoms with Gasteiger partial charge in [0.2, 0.25) is 0 Å². The van der Waals surface area contributed by atoms with E-state index in [4.69, 9.17) is 58.5 Å². The molecule has 0 radical (unpaired) electrons. The number of rotatable bonds is 31. The third kappa shape index (κ3) is 45.4. The van der Waals surface area contributed by atoms with Gasteiger partial charge in [-0.15, -0.1) is 6.42 Å². The maximum atomic E-state index is 5.47. The molecule has 0 amide bonds. The van der Waals surface area contributed by atoms with Crippen LogP contribution in [0.15, 0.2) is 0 Å². The van der Waals surface area contributed by atoms with E-state index in [9.17, 15) is 0 Å². The van der Waals surface area contributed by atoms with Gasteiger partial charge in [0.1, 0.15) is 12.7 Å². The summed E-state index contributed by atoms with van der Waals surface area (Å²) in [7, 11) is 0. The molecule has 0 spiro atoms. The molecule has 278 valence electrons. The second-order valence-corrected chi connectivity index (χ2v) is 9.40. The summed E-state index contributed by atoms with van der Waals surface area (Å²) in [6.45, 7) is 13.8. The van der Waals surface area contributed by atoms with Gasteiger partial charge in [0.15, 0.2) is 0 Å². The van der Waals surface area contributed by atoms with Crippen molar-refractivity contribution < 1.29 is 52.1 Å². The van der Waals surface area contributed by atoms with E-state index < -0.39 is 0 Å². The second kappa shape index (κ2) is 44.5. The smallest absolute Gasteiger partial charge is 0.124 e. The average Bonchev–Trinajstić information content (AvgIpc) is 3.14. The van der Waals surface area contributed by atoms with E-state index in [1.807, 2.05) is 13.8 Å². The quantitative estimate of drug-likeness (QED) is 0.0765. The van der Waals surface area contributed by atoms with Crippen molar-refractivity contribution in [1.82, 2.24) is 0 Å². The van der Waals surface area contributed by atoms with Crippen LogP contribution in [0.1, 0.15) is 13.8 Å². The highest BCUT2D eigenvalue weighted by Crippen LogP contribution is 1.89. The van der Waals surface area contributed by atoms with Gasteiger partial charge in [0.25, 0.3) is 0 Å². The summed E-state index contributed by atoms with van der Waals surface area (Å²) in [5.41, 5.74) is 0. The Balaban J connectivity index is 3.34. The fourth-order valence-electron chi connectivity index (χ4n) is 2.86. The zero-order valence-electron chi connectivity index (χ0n) is 30.3. The molecule has 0 heterocycles. The molecule has 0 aromatic heterocycles. The molecular formula is C41H48O11. The minimum atomic E-state index is 0.223. The lowest BCUT2D eigenvalue weighted by Gasteiger charge is -2.09. The predicted octanol–water partition coefficient (Wildman–Crippen LogP) is 1.20. The summed E-state index contributed by atoms with van der Waals surface area (Å²) in [5, 5.41) is 0. The molecule has 0 aliphatic heterocycles. The number of ether oxygens (including phenoxy) is 11. The van der Waals surface area contributed by atoms with Gasteiger partial charge in [-0.1, -0.05) is 0 Å². The molecule has 11 nitrogen and oxygen atoms in total. The first-order chi connectivity index (χ1) is 25.8. The minimum absolute atomic E-state index is 0.223. The molecule has 0 saturated carbocycles. The van der Waals surface area contributed by atoms with Crippen molar-refractivity contribution in [3.05, 3.63) is 0 Å². The molecule has 0 N–H and O–H groups in total. The van der Waals surface area contributed by atoms with Crippen LogP contribution in [-0.2, 0) is 52.1 Å². The highest BCUT2D eigenvalue weighted by molar-refractivity contribution is 5.46. The van der Waals surface area contributed by atoms with Crippen LogP contribution in [0.5, 0.6) is 0 Å². The van der Waals surface area contributed by atoms with Crippen LogP contribution in [-0.4, -0.2) is 138 Å². The van der Waals surface area contributed by atoms with Gasteiger partial charge >= 0.3 is 0 Å². The number of hydrogen-bond donors (Lipinski definition) is 0. The molecule has 0 aliphatic carbocycles. The van der Waals surface area contributed by atoms with Crippen molar-refractivity contribution in [2.75, 3.05) is 132 Å². The van der Waals surface area contributed by atoms with E-state index in [0.29, 0.717) is 132 Å². The molecule has 0 bridgehead atoms. The first-order valence-corrected chi connectivity index (χ1v) is 16.7. The van der Waals surface area contributed by atoms with Crippen LogP contribution >= 0.6 is 0 Å². The Labute approximate surface area is 311 Å². The van der Waals surface area contributed by atoms with Crippen molar-refractivity contribution in [2.24, 2.45) is 0 Å². The molecule has 0 aromatic rings. The lowest BCUT2D eigenvalue weighted by Crippen LogP contribution is -2.15. The second-order valence-electron chi connectivity index (χ2n) is 9.40. The first-order valence-electron chi connectivity index (χ1n) is 16.7. The molecule has 0 unspecified atom stereocenters. The van der Waals surface area contributed by atoms with Crippen molar-refractivity contribution in [2.45, 2.75) is 20.0 Å². The monoisotopic (exact) mass is 716 g/mol. The van der Waals surface area contributed by atoms with Gasteiger partial charge in [-0.25, -0.2) is 0 Å². The van der Waals surface area contributed by atoms with Crippen LogP contribution in [0.3, 0.4) is 0 Å². The van der Waals surface area contributed by atoms with Crippen molar-refractivity contribution in [3.63, 3.8) is 0 Å². The Hall–Kier alpha value is -4.56. The largest absolute Gasteiger partial charge is 0.443 e. The summed E-state index contributed by atoms with van der Waals surface area (Å²) in [4.78, 5) is 0. The van der Waals surface area contributed by atoms with Gasteiger partial charge < -0.3 is 52.1 Å². The molecule has 0 saturated heterocycles. The van der Waals surface area contributed by atoms with Gasteiger partial charge in [0.05, 0.1) is 132 Å². The molecule has 52 heavy (non-hydrogen) atoms. The summed E-state index contributed by atoms with van der Waals surface area (Å²) in [6, 6.07) is 0. The predicted molar refractivity (Wildman–Crippen MR) is 195 cm³/mol. The van der Waals surface area contributed by atoms with Gasteiger partial charge in [-0.05, 0) is 61.2 Å². The molecule has 11 heteroatoms. The fraction of sp³-hybridized carbons (Fsp3) is 0.561. The van der Waals surface area contributed by atoms with Crippen LogP contribution < -0.4 is 0 Å². The zero-order chi connectivity index (χ0) is 37.5. The first kappa shape index (κ1) is 47.4. The summed E-state index contributed by atoms with van der Waals surface area (Å²) < 4.78 is 59.5. The maximum Gasteiger partial charge on any atom is 0.124 e. The number of hydrogen-bond acceptors (Lipinski definition) is 11. The molecule has 0 aromatic carbocycles. The fourth-order valence-corrected chi connectivity index (χ4v) is 2.86. The number of terminal acetylenes is 1. The van der Waals surface area contributed by atoms with Gasteiger partial charge in [-0.2, -0.15) is 0 Å². The highest BCUT2D eigenvalue weighted by Gasteiger charge is 1.96. The average molecular weight is 717 g/mol. The SMILES string of the molecule is C#CC#CC#CC#CC#CC#CC#CC#CC#COCCOCCOCCOCCOCCOCCOCCOCCOCCOCCOC(C)C. The normalized spacial score (nSPS) is 9.04. The third-order valence-corrected chi connectivity index (χ3v) is 5.06. The van der Waals surface area contributed by atoms with Crippen LogP contribution in [0.25, 0.3) is 0 Å². The van der Waals surface area contributed by atoms with Gasteiger partial charge in [0, 0.05) is 47.4 Å². The Kier molecular flexibility index (Phi) is 40.6. The van der Waals surface area contributed by atoms with Crippen LogP contribution in [0, 0.1) is 107 Å². The third-order valence-electron chi connectivity index (χ3n) is 5.06. The van der Waals surface area contributed by atoms with Crippen molar-refractivity contribution >= 4 is 0 Å². The zero-order valence-corrected chi connectivity index (χ0v) is 30.3. The molecule has 0 aliphatic rings. The molecule has 0 rings (SSSR count). The Morgan fingerprint density at radius 1 is 0.308 bits per heavy atom. The van der Waals surface area contributed by atoms with E-state index in [1.54, 1.807) is 0 Å². The van der Waals surface area contributed by atoms with E-state index in [1.165, 1.54) is 0 Å². The van der Waals surface area contributed by atoms with Crippen molar-refractivity contribution in [3.8, 4) is 107 Å². The lowest BCUT2D eigenvalue weighted by molar-refractivity contribution is -0.0281. The van der Waals surface area contributed by atoms with E-state index in [-0.39, 0.29) is 6.10 Å². The Morgan fingerprint density at radius 2 is 0.538 bits per heavy atom. The Morgan fingerprint density at radius 3 is 0.808 bits per heavy atom. The standard InChI is InChI=1S/C41H48O11/c1-4-5-6-7-8-9-10-11-12-13-14-15-16-17-18-19-20-42-21-22-43-23-24-44-25-26-45-27-28-46-29-30-47-31-32-48-33-34-49-35-36-50-37-38-51-39-40-52-41(2)3/h1,41H,21-40H2,2-3H3.